The second kappa shape index (κ2) is 8.01. The molecule has 0 bridgehead atoms. The molecule has 0 aliphatic carbocycles. The molecule has 6 nitrogen and oxygen atoms in total. The van der Waals surface area contributed by atoms with Gasteiger partial charge in [0.2, 0.25) is 0 Å². The van der Waals surface area contributed by atoms with Crippen molar-refractivity contribution >= 4 is 17.0 Å². The maximum atomic E-state index is 11.7. The highest BCUT2D eigenvalue weighted by molar-refractivity contribution is 5.84. The van der Waals surface area contributed by atoms with E-state index in [0.717, 1.165) is 43.4 Å². The van der Waals surface area contributed by atoms with E-state index in [-0.39, 0.29) is 6.09 Å². The molecule has 1 aromatic carbocycles. The maximum Gasteiger partial charge on any atom is 0.407 e. The van der Waals surface area contributed by atoms with Crippen molar-refractivity contribution in [3.63, 3.8) is 0 Å². The number of amides is 1. The third-order valence-corrected chi connectivity index (χ3v) is 4.87. The number of nitrogens with zero attached hydrogens (tertiary/aromatic N) is 2. The quantitative estimate of drug-likeness (QED) is 0.847. The molecule has 2 N–H and O–H groups in total. The summed E-state index contributed by atoms with van der Waals surface area (Å²) in [5.74, 6) is 0.594. The molecule has 6 heteroatoms. The van der Waals surface area contributed by atoms with Crippen molar-refractivity contribution in [2.45, 2.75) is 39.2 Å². The van der Waals surface area contributed by atoms with Crippen molar-refractivity contribution in [3.8, 4) is 6.07 Å². The van der Waals surface area contributed by atoms with Gasteiger partial charge in [-0.2, -0.15) is 5.26 Å². The van der Waals surface area contributed by atoms with Crippen LogP contribution in [0.25, 0.3) is 10.9 Å². The van der Waals surface area contributed by atoms with Crippen LogP contribution in [0.4, 0.5) is 4.79 Å². The molecule has 0 saturated carbocycles. The van der Waals surface area contributed by atoms with Gasteiger partial charge in [-0.15, -0.1) is 0 Å². The number of carbonyl (C=O) groups is 1. The van der Waals surface area contributed by atoms with E-state index in [1.165, 1.54) is 5.56 Å². The highest BCUT2D eigenvalue weighted by Crippen LogP contribution is 2.26. The molecule has 144 valence electrons. The Morgan fingerprint density at radius 3 is 3.00 bits per heavy atom. The average molecular weight is 368 g/mol. The first kappa shape index (κ1) is 19.2. The van der Waals surface area contributed by atoms with Gasteiger partial charge in [-0.05, 0) is 69.8 Å². The zero-order valence-electron chi connectivity index (χ0n) is 16.3. The molecule has 0 spiro atoms. The minimum absolute atomic E-state index is 0.356. The zero-order valence-corrected chi connectivity index (χ0v) is 16.3. The van der Waals surface area contributed by atoms with Gasteiger partial charge in [0.05, 0.1) is 11.6 Å². The number of nitriles is 1. The molecule has 1 atom stereocenters. The summed E-state index contributed by atoms with van der Waals surface area (Å²) in [4.78, 5) is 17.4. The molecule has 1 unspecified atom stereocenters. The summed E-state index contributed by atoms with van der Waals surface area (Å²) < 4.78 is 5.26. The Hall–Kier alpha value is -2.52. The number of carbonyl (C=O) groups excluding carboxylic acids is 1. The molecule has 2 aromatic rings. The van der Waals surface area contributed by atoms with Crippen molar-refractivity contribution in [1.29, 1.82) is 5.26 Å². The van der Waals surface area contributed by atoms with E-state index in [1.807, 2.05) is 39.0 Å². The number of aromatic nitrogens is 1. The lowest BCUT2D eigenvalue weighted by Crippen LogP contribution is -2.37. The van der Waals surface area contributed by atoms with Crippen molar-refractivity contribution in [3.05, 3.63) is 35.5 Å². The van der Waals surface area contributed by atoms with Crippen LogP contribution in [0, 0.1) is 17.2 Å². The van der Waals surface area contributed by atoms with Crippen LogP contribution < -0.4 is 5.32 Å². The Kier molecular flexibility index (Phi) is 5.71. The van der Waals surface area contributed by atoms with Crippen LogP contribution in [-0.2, 0) is 11.2 Å². The van der Waals surface area contributed by atoms with Crippen molar-refractivity contribution < 1.29 is 9.53 Å². The normalized spacial score (nSPS) is 17.8. The lowest BCUT2D eigenvalue weighted by atomic mass is 9.98. The second-order valence-corrected chi connectivity index (χ2v) is 8.27. The highest BCUT2D eigenvalue weighted by atomic mass is 16.6. The van der Waals surface area contributed by atoms with E-state index in [1.54, 1.807) is 0 Å². The van der Waals surface area contributed by atoms with E-state index >= 15 is 0 Å². The number of rotatable bonds is 5. The van der Waals surface area contributed by atoms with Crippen LogP contribution >= 0.6 is 0 Å². The largest absolute Gasteiger partial charge is 0.444 e. The molecule has 1 fully saturated rings. The fourth-order valence-electron chi connectivity index (χ4n) is 3.64. The second-order valence-electron chi connectivity index (χ2n) is 8.27. The number of benzene rings is 1. The predicted molar refractivity (Wildman–Crippen MR) is 106 cm³/mol. The van der Waals surface area contributed by atoms with Gasteiger partial charge < -0.3 is 19.9 Å². The van der Waals surface area contributed by atoms with Gasteiger partial charge in [0.25, 0.3) is 0 Å². The SMILES string of the molecule is CC(C)(C)OC(=O)NCCN1CCC(Cc2c[nH]c3ccc(C#N)cc23)C1. The number of likely N-dealkylation sites (tertiary alicyclic amines) is 1. The lowest BCUT2D eigenvalue weighted by molar-refractivity contribution is 0.0523. The van der Waals surface area contributed by atoms with Gasteiger partial charge in [0.1, 0.15) is 5.60 Å². The fraction of sp³-hybridized carbons (Fsp3) is 0.524. The van der Waals surface area contributed by atoms with Gasteiger partial charge in [-0.25, -0.2) is 4.79 Å². The molecule has 1 aromatic heterocycles. The summed E-state index contributed by atoms with van der Waals surface area (Å²) >= 11 is 0. The third-order valence-electron chi connectivity index (χ3n) is 4.87. The molecular formula is C21H28N4O2. The van der Waals surface area contributed by atoms with Crippen LogP contribution in [0.15, 0.2) is 24.4 Å². The zero-order chi connectivity index (χ0) is 19.4. The Balaban J connectivity index is 1.48. The van der Waals surface area contributed by atoms with Crippen LogP contribution in [0.3, 0.4) is 0 Å². The molecule has 0 radical (unpaired) electrons. The number of fused-ring (bicyclic) bond motifs is 1. The number of H-pyrrole nitrogens is 1. The number of nitrogens with one attached hydrogen (secondary N) is 2. The summed E-state index contributed by atoms with van der Waals surface area (Å²) in [6, 6.07) is 8.00. The third kappa shape index (κ3) is 5.24. The molecule has 1 aliphatic rings. The number of ether oxygens (including phenoxy) is 1. The summed E-state index contributed by atoms with van der Waals surface area (Å²) in [6.45, 7) is 9.10. The monoisotopic (exact) mass is 368 g/mol. The number of hydrogen-bond acceptors (Lipinski definition) is 4. The predicted octanol–water partition coefficient (Wildman–Crippen LogP) is 3.43. The number of alkyl carbamates (subject to hydrolysis) is 1. The van der Waals surface area contributed by atoms with Gasteiger partial charge >= 0.3 is 6.09 Å². The lowest BCUT2D eigenvalue weighted by Gasteiger charge is -2.21. The fourth-order valence-corrected chi connectivity index (χ4v) is 3.64. The first-order valence-corrected chi connectivity index (χ1v) is 9.53. The van der Waals surface area contributed by atoms with Gasteiger partial charge in [0.15, 0.2) is 0 Å². The van der Waals surface area contributed by atoms with Crippen molar-refractivity contribution in [1.82, 2.24) is 15.2 Å². The van der Waals surface area contributed by atoms with Gasteiger partial charge in [0, 0.05) is 36.7 Å². The van der Waals surface area contributed by atoms with Crippen LogP contribution in [-0.4, -0.2) is 47.8 Å². The number of hydrogen-bond donors (Lipinski definition) is 2. The van der Waals surface area contributed by atoms with E-state index in [4.69, 9.17) is 10.00 Å². The summed E-state index contributed by atoms with van der Waals surface area (Å²) in [5, 5.41) is 13.1. The van der Waals surface area contributed by atoms with Crippen LogP contribution in [0.5, 0.6) is 0 Å². The van der Waals surface area contributed by atoms with E-state index in [2.05, 4.69) is 27.5 Å². The van der Waals surface area contributed by atoms with E-state index in [9.17, 15) is 4.79 Å². The first-order valence-electron chi connectivity index (χ1n) is 9.53. The molecule has 1 saturated heterocycles. The van der Waals surface area contributed by atoms with Gasteiger partial charge in [-0.3, -0.25) is 0 Å². The molecule has 1 amide bonds. The molecule has 1 aliphatic heterocycles. The molecule has 27 heavy (non-hydrogen) atoms. The number of aromatic amines is 1. The smallest absolute Gasteiger partial charge is 0.407 e. The molecule has 3 rings (SSSR count). The van der Waals surface area contributed by atoms with E-state index in [0.29, 0.717) is 18.0 Å². The Morgan fingerprint density at radius 1 is 1.44 bits per heavy atom. The summed E-state index contributed by atoms with van der Waals surface area (Å²) in [6.07, 6.45) is 3.87. The molecule has 2 heterocycles. The maximum absolute atomic E-state index is 11.7. The Labute approximate surface area is 160 Å². The topological polar surface area (TPSA) is 81.2 Å². The highest BCUT2D eigenvalue weighted by Gasteiger charge is 2.23. The summed E-state index contributed by atoms with van der Waals surface area (Å²) in [5.41, 5.74) is 2.60. The minimum atomic E-state index is -0.465. The van der Waals surface area contributed by atoms with Crippen LogP contribution in [0.1, 0.15) is 38.3 Å². The van der Waals surface area contributed by atoms with E-state index < -0.39 is 5.60 Å². The van der Waals surface area contributed by atoms with Crippen molar-refractivity contribution in [2.75, 3.05) is 26.2 Å². The summed E-state index contributed by atoms with van der Waals surface area (Å²) in [7, 11) is 0. The minimum Gasteiger partial charge on any atom is -0.444 e. The van der Waals surface area contributed by atoms with Crippen molar-refractivity contribution in [2.24, 2.45) is 5.92 Å². The first-order chi connectivity index (χ1) is 12.8. The van der Waals surface area contributed by atoms with Crippen LogP contribution in [0.2, 0.25) is 0 Å². The Bertz CT molecular complexity index is 844. The average Bonchev–Trinajstić information content (AvgIpc) is 3.20. The standard InChI is InChI=1S/C21H28N4O2/c1-21(2,3)27-20(26)23-7-9-25-8-6-16(14-25)10-17-13-24-19-5-4-15(12-22)11-18(17)19/h4-5,11,13,16,24H,6-10,14H2,1-3H3,(H,23,26). The molecular weight excluding hydrogens is 340 g/mol. The van der Waals surface area contributed by atoms with Gasteiger partial charge in [-0.1, -0.05) is 0 Å². The Morgan fingerprint density at radius 2 is 2.26 bits per heavy atom.